The number of rotatable bonds is 4. The minimum absolute atomic E-state index is 0.359. The maximum Gasteiger partial charge on any atom is 0.513 e. The molecular weight excluding hydrogens is 215 g/mol. The van der Waals surface area contributed by atoms with E-state index in [0.717, 1.165) is 6.07 Å². The third-order valence-corrected chi connectivity index (χ3v) is 1.66. The van der Waals surface area contributed by atoms with Gasteiger partial charge in [-0.3, -0.25) is 0 Å². The molecule has 1 aromatic rings. The Kier molecular flexibility index (Phi) is 3.57. The molecule has 2 nitrogen and oxygen atoms in total. The van der Waals surface area contributed by atoms with Crippen molar-refractivity contribution in [2.75, 3.05) is 13.9 Å². The Morgan fingerprint density at radius 1 is 1.27 bits per heavy atom. The van der Waals surface area contributed by atoms with E-state index in [0.29, 0.717) is 12.1 Å². The van der Waals surface area contributed by atoms with Gasteiger partial charge < -0.3 is 22.4 Å². The maximum atomic E-state index is 12.7. The van der Waals surface area contributed by atoms with Crippen LogP contribution in [0.15, 0.2) is 18.2 Å². The van der Waals surface area contributed by atoms with E-state index in [9.17, 15) is 17.3 Å². The van der Waals surface area contributed by atoms with Crippen LogP contribution in [0.1, 0.15) is 0 Å². The second-order valence-electron chi connectivity index (χ2n) is 2.81. The molecule has 1 aromatic carbocycles. The van der Waals surface area contributed by atoms with Crippen LogP contribution in [0.3, 0.4) is 0 Å². The zero-order chi connectivity index (χ0) is 11.5. The minimum atomic E-state index is -5.21. The van der Waals surface area contributed by atoms with E-state index in [1.807, 2.05) is 0 Å². The zero-order valence-corrected chi connectivity index (χ0v) is 7.84. The molecule has 15 heavy (non-hydrogen) atoms. The maximum absolute atomic E-state index is 12.7. The predicted molar refractivity (Wildman–Crippen MR) is 47.6 cm³/mol. The molecule has 0 radical (unpaired) electrons. The number of hydrogen-bond acceptors (Lipinski definition) is 2. The zero-order valence-electron chi connectivity index (χ0n) is 7.84. The van der Waals surface area contributed by atoms with Gasteiger partial charge in [-0.2, -0.15) is 0 Å². The van der Waals surface area contributed by atoms with Gasteiger partial charge in [-0.05, 0) is 6.07 Å². The van der Waals surface area contributed by atoms with Crippen LogP contribution < -0.4 is 10.2 Å². The number of ether oxygens (including phenoxy) is 2. The molecule has 0 aliphatic carbocycles. The average Bonchev–Trinajstić information content (AvgIpc) is 2.12. The average molecular weight is 223 g/mol. The van der Waals surface area contributed by atoms with Crippen molar-refractivity contribution < 1.29 is 26.8 Å². The Morgan fingerprint density at radius 2 is 1.93 bits per heavy atom. The molecule has 0 unspecified atom stereocenters. The van der Waals surface area contributed by atoms with Crippen molar-refractivity contribution >= 4 is 12.4 Å². The summed E-state index contributed by atoms with van der Waals surface area (Å²) in [5.74, 6) is -1.34. The quantitative estimate of drug-likeness (QED) is 0.440. The number of hydrogen-bond donors (Lipinski definition) is 0. The largest absolute Gasteiger partial charge is 0.513 e. The van der Waals surface area contributed by atoms with Gasteiger partial charge in [0.25, 0.3) is 0 Å². The van der Waals surface area contributed by atoms with Crippen LogP contribution >= 0.6 is 0 Å². The van der Waals surface area contributed by atoms with Gasteiger partial charge in [0.1, 0.15) is 5.82 Å². The third kappa shape index (κ3) is 3.12. The second kappa shape index (κ2) is 4.52. The normalized spacial score (nSPS) is 11.5. The highest BCUT2D eigenvalue weighted by Crippen LogP contribution is 2.18. The van der Waals surface area contributed by atoms with Crippen molar-refractivity contribution in [3.8, 4) is 5.75 Å². The minimum Gasteiger partial charge on any atom is -0.470 e. The molecule has 84 valence electrons. The first kappa shape index (κ1) is 11.8. The highest BCUT2D eigenvalue weighted by molar-refractivity contribution is 6.74. The van der Waals surface area contributed by atoms with Gasteiger partial charge in [-0.25, -0.2) is 4.39 Å². The van der Waals surface area contributed by atoms with Gasteiger partial charge in [0.15, 0.2) is 6.79 Å². The van der Waals surface area contributed by atoms with E-state index in [-0.39, 0.29) is 6.79 Å². The Labute approximate surface area is 83.9 Å². The van der Waals surface area contributed by atoms with Gasteiger partial charge in [-0.1, -0.05) is 11.5 Å². The van der Waals surface area contributed by atoms with Gasteiger partial charge in [0.05, 0.1) is 5.75 Å². The lowest BCUT2D eigenvalue weighted by Gasteiger charge is -2.19. The summed E-state index contributed by atoms with van der Waals surface area (Å²) in [6.07, 6.45) is 0. The molecule has 0 aliphatic rings. The fourth-order valence-electron chi connectivity index (χ4n) is 1.03. The van der Waals surface area contributed by atoms with Crippen LogP contribution in [-0.2, 0) is 4.74 Å². The molecule has 0 bridgehead atoms. The summed E-state index contributed by atoms with van der Waals surface area (Å²) in [4.78, 5) is 0. The Hall–Kier alpha value is -1.24. The van der Waals surface area contributed by atoms with E-state index in [1.165, 1.54) is 7.11 Å². The third-order valence-electron chi connectivity index (χ3n) is 1.66. The summed E-state index contributed by atoms with van der Waals surface area (Å²) in [7, 11) is 1.26. The molecule has 0 N–H and O–H groups in total. The van der Waals surface area contributed by atoms with Crippen LogP contribution in [-0.4, -0.2) is 20.9 Å². The molecule has 0 saturated heterocycles. The molecule has 0 atom stereocenters. The summed E-state index contributed by atoms with van der Waals surface area (Å²) >= 11 is 0. The standard InChI is InChI=1S/C8H8BF4O2/c1-14-5-15-8-4-6(10)2-3-7(8)9(11,12)13/h2-4H,5H2,1H3/q-1. The monoisotopic (exact) mass is 223 g/mol. The number of benzene rings is 1. The van der Waals surface area contributed by atoms with E-state index in [2.05, 4.69) is 9.47 Å². The summed E-state index contributed by atoms with van der Waals surface area (Å²) in [5, 5.41) is 0. The van der Waals surface area contributed by atoms with Crippen molar-refractivity contribution in [2.45, 2.75) is 0 Å². The molecule has 1 rings (SSSR count). The molecule has 0 amide bonds. The fourth-order valence-corrected chi connectivity index (χ4v) is 1.03. The predicted octanol–water partition coefficient (Wildman–Crippen LogP) is 1.86. The summed E-state index contributed by atoms with van der Waals surface area (Å²) in [6, 6.07) is 2.08. The van der Waals surface area contributed by atoms with Crippen LogP contribution in [0.4, 0.5) is 17.3 Å². The molecule has 0 spiro atoms. The SMILES string of the molecule is COCOc1cc(F)ccc1[B-](F)(F)F. The van der Waals surface area contributed by atoms with Crippen LogP contribution in [0.25, 0.3) is 0 Å². The molecule has 0 saturated carbocycles. The first-order valence-corrected chi connectivity index (χ1v) is 4.06. The Morgan fingerprint density at radius 3 is 2.47 bits per heavy atom. The molecule has 0 heterocycles. The van der Waals surface area contributed by atoms with E-state index in [4.69, 9.17) is 0 Å². The van der Waals surface area contributed by atoms with Gasteiger partial charge in [0.2, 0.25) is 0 Å². The lowest BCUT2D eigenvalue weighted by Crippen LogP contribution is -2.35. The lowest BCUT2D eigenvalue weighted by atomic mass is 9.79. The van der Waals surface area contributed by atoms with Gasteiger partial charge in [-0.15, -0.1) is 0 Å². The van der Waals surface area contributed by atoms with E-state index in [1.54, 1.807) is 0 Å². The smallest absolute Gasteiger partial charge is 0.470 e. The van der Waals surface area contributed by atoms with Crippen LogP contribution in [0, 0.1) is 5.82 Å². The van der Waals surface area contributed by atoms with Gasteiger partial charge in [0, 0.05) is 13.2 Å². The highest BCUT2D eigenvalue weighted by atomic mass is 19.4. The summed E-state index contributed by atoms with van der Waals surface area (Å²) in [5.41, 5.74) is -0.964. The second-order valence-corrected chi connectivity index (χ2v) is 2.81. The molecule has 0 aliphatic heterocycles. The van der Waals surface area contributed by atoms with E-state index < -0.39 is 24.0 Å². The van der Waals surface area contributed by atoms with E-state index >= 15 is 0 Å². The lowest BCUT2D eigenvalue weighted by molar-refractivity contribution is 0.0515. The molecular formula is C8H8BF4O2-. The van der Waals surface area contributed by atoms with Crippen LogP contribution in [0.2, 0.25) is 0 Å². The highest BCUT2D eigenvalue weighted by Gasteiger charge is 2.29. The summed E-state index contributed by atoms with van der Waals surface area (Å²) in [6.45, 7) is -5.57. The Balaban J connectivity index is 3.03. The van der Waals surface area contributed by atoms with Crippen LogP contribution in [0.5, 0.6) is 5.75 Å². The van der Waals surface area contributed by atoms with Crippen molar-refractivity contribution in [3.05, 3.63) is 24.0 Å². The fraction of sp³-hybridized carbons (Fsp3) is 0.250. The van der Waals surface area contributed by atoms with Crippen molar-refractivity contribution in [3.63, 3.8) is 0 Å². The number of halogens is 4. The first-order valence-electron chi connectivity index (χ1n) is 4.06. The summed E-state index contributed by atoms with van der Waals surface area (Å²) < 4.78 is 59.0. The van der Waals surface area contributed by atoms with Gasteiger partial charge >= 0.3 is 6.98 Å². The molecule has 0 aromatic heterocycles. The molecule has 0 fully saturated rings. The van der Waals surface area contributed by atoms with Crippen molar-refractivity contribution in [2.24, 2.45) is 0 Å². The number of methoxy groups -OCH3 is 1. The Bertz CT molecular complexity index is 340. The first-order chi connectivity index (χ1) is 6.95. The molecule has 7 heteroatoms. The van der Waals surface area contributed by atoms with Crippen molar-refractivity contribution in [1.82, 2.24) is 0 Å². The topological polar surface area (TPSA) is 18.5 Å². The van der Waals surface area contributed by atoms with Crippen molar-refractivity contribution in [1.29, 1.82) is 0 Å².